The first-order valence-electron chi connectivity index (χ1n) is 7.80. The number of carbonyl (C=O) groups excluding carboxylic acids is 1. The van der Waals surface area contributed by atoms with E-state index in [1.807, 2.05) is 48.5 Å². The number of carbonyl (C=O) groups is 1. The van der Waals surface area contributed by atoms with Gasteiger partial charge in [-0.1, -0.05) is 30.3 Å². The monoisotopic (exact) mass is 320 g/mol. The van der Waals surface area contributed by atoms with Crippen LogP contribution in [0.3, 0.4) is 0 Å². The van der Waals surface area contributed by atoms with Crippen LogP contribution in [0, 0.1) is 0 Å². The number of nitrogens with zero attached hydrogens (tertiary/aromatic N) is 3. The Hall–Kier alpha value is -3.15. The van der Waals surface area contributed by atoms with Gasteiger partial charge in [0.1, 0.15) is 11.9 Å². The Morgan fingerprint density at radius 3 is 2.67 bits per heavy atom. The Kier molecular flexibility index (Phi) is 3.70. The van der Waals surface area contributed by atoms with Gasteiger partial charge in [0.25, 0.3) is 0 Å². The van der Waals surface area contributed by atoms with Crippen molar-refractivity contribution in [1.29, 1.82) is 0 Å². The number of aromatic amines is 1. The Balaban J connectivity index is 1.51. The topological polar surface area (TPSA) is 71.1 Å². The fraction of sp³-hybridized carbons (Fsp3) is 0.167. The average molecular weight is 320 g/mol. The summed E-state index contributed by atoms with van der Waals surface area (Å²) < 4.78 is 5.58. The number of pyridine rings is 1. The summed E-state index contributed by atoms with van der Waals surface area (Å²) in [6, 6.07) is 15.4. The van der Waals surface area contributed by atoms with Crippen molar-refractivity contribution in [2.24, 2.45) is 0 Å². The number of amides is 1. The van der Waals surface area contributed by atoms with Crippen LogP contribution in [-0.2, 0) is 4.74 Å². The van der Waals surface area contributed by atoms with Crippen LogP contribution in [0.25, 0.3) is 11.3 Å². The van der Waals surface area contributed by atoms with Crippen molar-refractivity contribution >= 4 is 11.9 Å². The smallest absolute Gasteiger partial charge is 0.416 e. The number of benzene rings is 1. The van der Waals surface area contributed by atoms with E-state index < -0.39 is 0 Å². The number of ether oxygens (including phenoxy) is 1. The summed E-state index contributed by atoms with van der Waals surface area (Å²) in [7, 11) is 0. The van der Waals surface area contributed by atoms with Crippen molar-refractivity contribution in [3.05, 3.63) is 66.5 Å². The lowest BCUT2D eigenvalue weighted by Crippen LogP contribution is -2.39. The Morgan fingerprint density at radius 2 is 1.92 bits per heavy atom. The van der Waals surface area contributed by atoms with Crippen LogP contribution in [0.5, 0.6) is 0 Å². The molecule has 1 aliphatic heterocycles. The molecule has 1 fully saturated rings. The van der Waals surface area contributed by atoms with Gasteiger partial charge in [-0.15, -0.1) is 0 Å². The Labute approximate surface area is 139 Å². The van der Waals surface area contributed by atoms with Crippen LogP contribution in [0.1, 0.15) is 18.1 Å². The van der Waals surface area contributed by atoms with Crippen molar-refractivity contribution in [2.45, 2.75) is 12.5 Å². The van der Waals surface area contributed by atoms with Gasteiger partial charge >= 0.3 is 6.09 Å². The summed E-state index contributed by atoms with van der Waals surface area (Å²) in [6.45, 7) is 0.580. The summed E-state index contributed by atoms with van der Waals surface area (Å²) in [4.78, 5) is 17.9. The molecule has 0 aliphatic carbocycles. The van der Waals surface area contributed by atoms with Crippen LogP contribution in [0.4, 0.5) is 10.6 Å². The normalized spacial score (nSPS) is 17.6. The number of H-pyrrole nitrogens is 1. The molecule has 1 amide bonds. The first-order chi connectivity index (χ1) is 11.8. The zero-order chi connectivity index (χ0) is 16.4. The van der Waals surface area contributed by atoms with Crippen molar-refractivity contribution in [1.82, 2.24) is 15.2 Å². The molecule has 0 bridgehead atoms. The number of aromatic nitrogens is 3. The predicted octanol–water partition coefficient (Wildman–Crippen LogP) is 3.56. The zero-order valence-corrected chi connectivity index (χ0v) is 12.9. The molecule has 0 spiro atoms. The largest absolute Gasteiger partial charge is 0.441 e. The summed E-state index contributed by atoms with van der Waals surface area (Å²) >= 11 is 0. The predicted molar refractivity (Wildman–Crippen MR) is 89.4 cm³/mol. The van der Waals surface area contributed by atoms with E-state index in [9.17, 15) is 4.79 Å². The van der Waals surface area contributed by atoms with Crippen LogP contribution >= 0.6 is 0 Å². The molecular formula is C18H16N4O2. The molecule has 1 aliphatic rings. The maximum atomic E-state index is 12.4. The number of hydrogen-bond acceptors (Lipinski definition) is 4. The summed E-state index contributed by atoms with van der Waals surface area (Å²) in [5.74, 6) is 0.637. The van der Waals surface area contributed by atoms with Crippen molar-refractivity contribution in [2.75, 3.05) is 11.4 Å². The van der Waals surface area contributed by atoms with Crippen molar-refractivity contribution in [3.63, 3.8) is 0 Å². The molecule has 6 nitrogen and oxygen atoms in total. The number of cyclic esters (lactones) is 1. The number of rotatable bonds is 3. The molecule has 0 radical (unpaired) electrons. The highest BCUT2D eigenvalue weighted by atomic mass is 16.6. The third-order valence-electron chi connectivity index (χ3n) is 4.08. The van der Waals surface area contributed by atoms with Crippen molar-refractivity contribution < 1.29 is 9.53 Å². The van der Waals surface area contributed by atoms with Crippen LogP contribution in [-0.4, -0.2) is 27.8 Å². The zero-order valence-electron chi connectivity index (χ0n) is 12.9. The van der Waals surface area contributed by atoms with Crippen molar-refractivity contribution in [3.8, 4) is 11.3 Å². The molecule has 0 unspecified atom stereocenters. The Morgan fingerprint density at radius 1 is 1.12 bits per heavy atom. The van der Waals surface area contributed by atoms with E-state index in [1.165, 1.54) is 0 Å². The highest BCUT2D eigenvalue weighted by molar-refractivity contribution is 5.88. The van der Waals surface area contributed by atoms with Crippen LogP contribution in [0.15, 0.2) is 60.9 Å². The minimum absolute atomic E-state index is 0.197. The fourth-order valence-electron chi connectivity index (χ4n) is 2.82. The lowest BCUT2D eigenvalue weighted by atomic mass is 10.1. The second kappa shape index (κ2) is 6.16. The molecule has 2 aromatic heterocycles. The summed E-state index contributed by atoms with van der Waals surface area (Å²) in [5, 5.41) is 7.18. The van der Waals surface area contributed by atoms with Gasteiger partial charge in [0.2, 0.25) is 0 Å². The van der Waals surface area contributed by atoms with Gasteiger partial charge in [-0.2, -0.15) is 5.10 Å². The highest BCUT2D eigenvalue weighted by Gasteiger charge is 2.30. The highest BCUT2D eigenvalue weighted by Crippen LogP contribution is 2.30. The quantitative estimate of drug-likeness (QED) is 0.801. The maximum absolute atomic E-state index is 12.4. The van der Waals surface area contributed by atoms with Gasteiger partial charge in [0.15, 0.2) is 0 Å². The third kappa shape index (κ3) is 2.74. The lowest BCUT2D eigenvalue weighted by Gasteiger charge is -2.30. The van der Waals surface area contributed by atoms with Gasteiger partial charge < -0.3 is 4.74 Å². The number of nitrogens with one attached hydrogen (secondary N) is 1. The molecule has 24 heavy (non-hydrogen) atoms. The van der Waals surface area contributed by atoms with E-state index >= 15 is 0 Å². The molecular weight excluding hydrogens is 304 g/mol. The lowest BCUT2D eigenvalue weighted by molar-refractivity contribution is 0.0839. The summed E-state index contributed by atoms with van der Waals surface area (Å²) in [6.07, 6.45) is 3.60. The first-order valence-corrected chi connectivity index (χ1v) is 7.80. The van der Waals surface area contributed by atoms with Gasteiger partial charge in [-0.25, -0.2) is 4.79 Å². The summed E-state index contributed by atoms with van der Waals surface area (Å²) in [5.41, 5.74) is 2.73. The fourth-order valence-corrected chi connectivity index (χ4v) is 2.82. The SMILES string of the molecule is O=C1O[C@H](c2ccccc2)CCN1c1cc(-c2ccncc2)n[nH]1. The van der Waals surface area contributed by atoms with E-state index in [0.717, 1.165) is 23.2 Å². The van der Waals surface area contributed by atoms with Crippen LogP contribution < -0.4 is 4.90 Å². The minimum Gasteiger partial charge on any atom is -0.441 e. The minimum atomic E-state index is -0.361. The molecule has 3 aromatic rings. The van der Waals surface area contributed by atoms with E-state index in [4.69, 9.17) is 4.74 Å². The molecule has 1 atom stereocenters. The number of hydrogen-bond donors (Lipinski definition) is 1. The van der Waals surface area contributed by atoms with E-state index in [-0.39, 0.29) is 12.2 Å². The maximum Gasteiger partial charge on any atom is 0.416 e. The molecule has 1 aromatic carbocycles. The third-order valence-corrected chi connectivity index (χ3v) is 4.08. The average Bonchev–Trinajstić information content (AvgIpc) is 3.13. The molecule has 6 heteroatoms. The van der Waals surface area contributed by atoms with Gasteiger partial charge in [-0.05, 0) is 17.7 Å². The van der Waals surface area contributed by atoms with E-state index in [1.54, 1.807) is 17.3 Å². The van der Waals surface area contributed by atoms with Crippen LogP contribution in [0.2, 0.25) is 0 Å². The standard InChI is InChI=1S/C18H16N4O2/c23-18-22(11-8-16(24-18)14-4-2-1-3-5-14)17-12-15(20-21-17)13-6-9-19-10-7-13/h1-7,9-10,12,16H,8,11H2,(H,20,21)/t16-/m0/s1. The van der Waals surface area contributed by atoms with Gasteiger partial charge in [-0.3, -0.25) is 15.0 Å². The Bertz CT molecular complexity index is 832. The molecule has 4 rings (SSSR count). The second-order valence-electron chi connectivity index (χ2n) is 5.60. The molecule has 1 saturated heterocycles. The second-order valence-corrected chi connectivity index (χ2v) is 5.60. The molecule has 3 heterocycles. The molecule has 1 N–H and O–H groups in total. The molecule has 120 valence electrons. The van der Waals surface area contributed by atoms with Gasteiger partial charge in [0, 0.05) is 37.0 Å². The van der Waals surface area contributed by atoms with E-state index in [0.29, 0.717) is 12.4 Å². The number of anilines is 1. The first kappa shape index (κ1) is 14.4. The van der Waals surface area contributed by atoms with E-state index in [2.05, 4.69) is 15.2 Å². The molecule has 0 saturated carbocycles. The van der Waals surface area contributed by atoms with Gasteiger partial charge in [0.05, 0.1) is 5.69 Å².